The summed E-state index contributed by atoms with van der Waals surface area (Å²) in [7, 11) is 0. The predicted molar refractivity (Wildman–Crippen MR) is 257 cm³/mol. The van der Waals surface area contributed by atoms with Crippen LogP contribution >= 0.6 is 0 Å². The Kier molecular flexibility index (Phi) is 11.2. The average Bonchev–Trinajstić information content (AvgIpc) is 3.58. The summed E-state index contributed by atoms with van der Waals surface area (Å²) in [5.41, 5.74) is 12.4. The third kappa shape index (κ3) is 7.54. The van der Waals surface area contributed by atoms with Crippen LogP contribution in [0, 0.1) is 6.92 Å². The summed E-state index contributed by atoms with van der Waals surface area (Å²) in [6, 6.07) is 56.7. The van der Waals surface area contributed by atoms with Crippen LogP contribution in [0.2, 0.25) is 0 Å². The van der Waals surface area contributed by atoms with Crippen LogP contribution in [0.1, 0.15) is 44.0 Å². The minimum Gasteiger partial charge on any atom is -0.314 e. The number of hydrogen-bond donors (Lipinski definition) is 0. The fourth-order valence-electron chi connectivity index (χ4n) is 8.44. The fraction of sp³-hybridized carbons (Fsp3) is 0.0877. The maximum atomic E-state index is 4.50. The van der Waals surface area contributed by atoms with Crippen molar-refractivity contribution in [3.05, 3.63) is 239 Å². The van der Waals surface area contributed by atoms with Gasteiger partial charge in [-0.1, -0.05) is 166 Å². The predicted octanol–water partition coefficient (Wildman–Crippen LogP) is 14.1. The lowest BCUT2D eigenvalue weighted by atomic mass is 9.94. The summed E-state index contributed by atoms with van der Waals surface area (Å²) in [4.78, 5) is 2.46. The maximum absolute atomic E-state index is 4.50. The van der Waals surface area contributed by atoms with Crippen molar-refractivity contribution in [2.75, 3.05) is 4.90 Å². The zero-order chi connectivity index (χ0) is 40.9. The molecule has 0 amide bonds. The molecule has 0 spiro atoms. The Balaban J connectivity index is 1.33. The van der Waals surface area contributed by atoms with E-state index in [2.05, 4.69) is 238 Å². The molecular formula is C57H50N2. The highest BCUT2D eigenvalue weighted by Gasteiger charge is 2.22. The van der Waals surface area contributed by atoms with Gasteiger partial charge in [0.2, 0.25) is 0 Å². The van der Waals surface area contributed by atoms with Crippen molar-refractivity contribution in [3.8, 4) is 5.69 Å². The van der Waals surface area contributed by atoms with E-state index >= 15 is 0 Å². The smallest absolute Gasteiger partial charge is 0.0543 e. The second kappa shape index (κ2) is 17.1. The molecule has 1 aromatic heterocycles. The van der Waals surface area contributed by atoms with Crippen molar-refractivity contribution in [2.24, 2.45) is 0 Å². The van der Waals surface area contributed by atoms with Gasteiger partial charge in [0.1, 0.15) is 0 Å². The highest BCUT2D eigenvalue weighted by molar-refractivity contribution is 6.14. The number of rotatable bonds is 11. The van der Waals surface area contributed by atoms with Gasteiger partial charge >= 0.3 is 0 Å². The summed E-state index contributed by atoms with van der Waals surface area (Å²) in [5.74, 6) is 0. The van der Waals surface area contributed by atoms with Crippen LogP contribution in [-0.4, -0.2) is 4.57 Å². The molecule has 1 heterocycles. The molecule has 0 aliphatic heterocycles. The SMILES string of the molecule is C=C/C=C(/c1cccc(N(/C(=C/C=C(\C)C(=C)/C=c2/cccc/c2=C/C)CC)c2cc3ccccc3c3ccccc23)c1)c1c(C)n(-c2ccccc2)c2ccccc12. The molecule has 59 heavy (non-hydrogen) atoms. The first-order chi connectivity index (χ1) is 28.9. The summed E-state index contributed by atoms with van der Waals surface area (Å²) in [6.07, 6.45) is 13.7. The van der Waals surface area contributed by atoms with Crippen LogP contribution in [0.5, 0.6) is 0 Å². The number of para-hydroxylation sites is 2. The van der Waals surface area contributed by atoms with Crippen LogP contribution in [0.4, 0.5) is 11.4 Å². The first-order valence-electron chi connectivity index (χ1n) is 20.5. The zero-order valence-corrected chi connectivity index (χ0v) is 34.5. The van der Waals surface area contributed by atoms with Crippen LogP contribution in [0.15, 0.2) is 212 Å². The Hall–Kier alpha value is -7.16. The Morgan fingerprint density at radius 3 is 2.07 bits per heavy atom. The number of benzene rings is 7. The van der Waals surface area contributed by atoms with Gasteiger partial charge in [0.25, 0.3) is 0 Å². The lowest BCUT2D eigenvalue weighted by Gasteiger charge is -2.30. The number of allylic oxidation sites excluding steroid dienone is 7. The van der Waals surface area contributed by atoms with Gasteiger partial charge in [0, 0.05) is 39.1 Å². The second-order valence-electron chi connectivity index (χ2n) is 15.0. The Morgan fingerprint density at radius 1 is 0.661 bits per heavy atom. The zero-order valence-electron chi connectivity index (χ0n) is 34.5. The molecule has 8 rings (SSSR count). The van der Waals surface area contributed by atoms with Gasteiger partial charge < -0.3 is 9.47 Å². The number of anilines is 2. The first-order valence-corrected chi connectivity index (χ1v) is 20.5. The molecule has 0 radical (unpaired) electrons. The quantitative estimate of drug-likeness (QED) is 0.0941. The largest absolute Gasteiger partial charge is 0.314 e. The number of aromatic nitrogens is 1. The van der Waals surface area contributed by atoms with Gasteiger partial charge in [-0.2, -0.15) is 0 Å². The summed E-state index contributed by atoms with van der Waals surface area (Å²) < 4.78 is 2.37. The van der Waals surface area contributed by atoms with E-state index in [4.69, 9.17) is 0 Å². The van der Waals surface area contributed by atoms with Crippen molar-refractivity contribution in [1.82, 2.24) is 4.57 Å². The maximum Gasteiger partial charge on any atom is 0.0543 e. The number of fused-ring (bicyclic) bond motifs is 4. The van der Waals surface area contributed by atoms with Crippen LogP contribution in [-0.2, 0) is 0 Å². The monoisotopic (exact) mass is 762 g/mol. The van der Waals surface area contributed by atoms with E-state index in [0.717, 1.165) is 45.8 Å². The van der Waals surface area contributed by atoms with Crippen LogP contribution in [0.25, 0.3) is 55.9 Å². The van der Waals surface area contributed by atoms with Gasteiger partial charge in [-0.3, -0.25) is 0 Å². The average molecular weight is 763 g/mol. The molecule has 0 unspecified atom stereocenters. The van der Waals surface area contributed by atoms with Gasteiger partial charge in [0.15, 0.2) is 0 Å². The molecular weight excluding hydrogens is 713 g/mol. The van der Waals surface area contributed by atoms with Crippen molar-refractivity contribution in [2.45, 2.75) is 34.1 Å². The van der Waals surface area contributed by atoms with Gasteiger partial charge in [-0.25, -0.2) is 0 Å². The molecule has 0 atom stereocenters. The third-order valence-corrected chi connectivity index (χ3v) is 11.4. The van der Waals surface area contributed by atoms with Gasteiger partial charge in [-0.15, -0.1) is 0 Å². The van der Waals surface area contributed by atoms with E-state index in [1.54, 1.807) is 0 Å². The molecule has 0 aliphatic carbocycles. The van der Waals surface area contributed by atoms with E-state index in [1.807, 2.05) is 6.08 Å². The number of hydrogen-bond acceptors (Lipinski definition) is 1. The van der Waals surface area contributed by atoms with E-state index in [-0.39, 0.29) is 0 Å². The van der Waals surface area contributed by atoms with Crippen molar-refractivity contribution < 1.29 is 0 Å². The molecule has 7 aromatic carbocycles. The van der Waals surface area contributed by atoms with Gasteiger partial charge in [-0.05, 0) is 125 Å². The molecule has 288 valence electrons. The topological polar surface area (TPSA) is 8.17 Å². The summed E-state index contributed by atoms with van der Waals surface area (Å²) in [5, 5.41) is 8.45. The molecule has 0 N–H and O–H groups in total. The normalized spacial score (nSPS) is 13.1. The molecule has 2 nitrogen and oxygen atoms in total. The molecule has 0 aliphatic rings. The Labute approximate surface area is 348 Å². The van der Waals surface area contributed by atoms with Crippen LogP contribution < -0.4 is 15.3 Å². The third-order valence-electron chi connectivity index (χ3n) is 11.4. The van der Waals surface area contributed by atoms with E-state index < -0.39 is 0 Å². The molecule has 0 fully saturated rings. The summed E-state index contributed by atoms with van der Waals surface area (Å²) in [6.45, 7) is 17.4. The first kappa shape index (κ1) is 38.7. The van der Waals surface area contributed by atoms with Crippen LogP contribution in [0.3, 0.4) is 0 Å². The lowest BCUT2D eigenvalue weighted by molar-refractivity contribution is 1.02. The summed E-state index contributed by atoms with van der Waals surface area (Å²) >= 11 is 0. The molecule has 8 aromatic rings. The van der Waals surface area contributed by atoms with Gasteiger partial charge in [0.05, 0.1) is 11.2 Å². The highest BCUT2D eigenvalue weighted by atomic mass is 15.1. The van der Waals surface area contributed by atoms with Crippen molar-refractivity contribution >= 4 is 61.5 Å². The Bertz CT molecular complexity index is 3090. The lowest BCUT2D eigenvalue weighted by Crippen LogP contribution is -2.23. The van der Waals surface area contributed by atoms with E-state index in [0.29, 0.717) is 0 Å². The second-order valence-corrected chi connectivity index (χ2v) is 15.0. The standard InChI is InChI=1S/C57H50N2/c1-7-22-51(57-42(6)58(48-27-11-10-12-28-48)55-34-20-19-33-54(55)57)45-26-21-29-49(38-45)59(56-39-46-25-15-16-30-50(46)52-31-17-18-32-53(52)56)47(9-3)36-35-40(4)41(5)37-44-24-14-13-23-43(44)8-2/h7-8,10-39H,1,5,9H2,2-4,6H3/b40-35+,43-8-,44-37-,47-36+,51-22-. The molecule has 0 saturated carbocycles. The minimum absolute atomic E-state index is 0.804. The van der Waals surface area contributed by atoms with Crippen molar-refractivity contribution in [3.63, 3.8) is 0 Å². The van der Waals surface area contributed by atoms with E-state index in [1.165, 1.54) is 59.8 Å². The molecule has 0 saturated heterocycles. The molecule has 0 bridgehead atoms. The van der Waals surface area contributed by atoms with Crippen molar-refractivity contribution in [1.29, 1.82) is 0 Å². The van der Waals surface area contributed by atoms with E-state index in [9.17, 15) is 0 Å². The minimum atomic E-state index is 0.804. The fourth-order valence-corrected chi connectivity index (χ4v) is 8.44. The molecule has 2 heteroatoms. The highest BCUT2D eigenvalue weighted by Crippen LogP contribution is 2.43. The Morgan fingerprint density at radius 2 is 1.32 bits per heavy atom. The number of nitrogens with zero attached hydrogens (tertiary/aromatic N) is 2.